The van der Waals surface area contributed by atoms with E-state index in [1.54, 1.807) is 29.3 Å². The van der Waals surface area contributed by atoms with Gasteiger partial charge in [0.1, 0.15) is 5.76 Å². The number of benzene rings is 2. The molecular formula is C32H32N4O4S2. The summed E-state index contributed by atoms with van der Waals surface area (Å²) in [7, 11) is 2.12. The van der Waals surface area contributed by atoms with E-state index >= 15 is 0 Å². The smallest absolute Gasteiger partial charge is 0.338 e. The molecule has 2 aromatic carbocycles. The molecule has 2 aromatic heterocycles. The molecule has 0 amide bonds. The average molecular weight is 601 g/mol. The molecule has 42 heavy (non-hydrogen) atoms. The third-order valence-electron chi connectivity index (χ3n) is 7.51. The van der Waals surface area contributed by atoms with Gasteiger partial charge in [0.15, 0.2) is 10.7 Å². The second-order valence-corrected chi connectivity index (χ2v) is 12.1. The Morgan fingerprint density at radius 1 is 1.07 bits per heavy atom. The van der Waals surface area contributed by atoms with E-state index in [9.17, 15) is 9.59 Å². The lowest BCUT2D eigenvalue weighted by Gasteiger charge is -2.32. The minimum atomic E-state index is -0.703. The second kappa shape index (κ2) is 12.2. The molecule has 0 N–H and O–H groups in total. The van der Waals surface area contributed by atoms with Gasteiger partial charge in [-0.15, -0.1) is 11.8 Å². The number of likely N-dealkylation sites (N-methyl/N-ethyl adjacent to an activating group) is 1. The molecule has 2 aliphatic heterocycles. The largest absolute Gasteiger partial charge is 0.463 e. The van der Waals surface area contributed by atoms with Crippen molar-refractivity contribution in [1.29, 1.82) is 0 Å². The van der Waals surface area contributed by atoms with Crippen molar-refractivity contribution in [2.45, 2.75) is 17.9 Å². The maximum Gasteiger partial charge on any atom is 0.338 e. The molecule has 0 spiro atoms. The van der Waals surface area contributed by atoms with Crippen LogP contribution in [0.5, 0.6) is 0 Å². The summed E-state index contributed by atoms with van der Waals surface area (Å²) in [6.07, 6.45) is 3.78. The van der Waals surface area contributed by atoms with Crippen molar-refractivity contribution >= 4 is 46.7 Å². The first kappa shape index (κ1) is 28.3. The number of esters is 1. The molecule has 1 saturated heterocycles. The summed E-state index contributed by atoms with van der Waals surface area (Å²) >= 11 is 2.92. The van der Waals surface area contributed by atoms with Crippen LogP contribution in [0.2, 0.25) is 0 Å². The number of nitrogens with zero attached hydrogens (tertiary/aromatic N) is 4. The Morgan fingerprint density at radius 3 is 2.50 bits per heavy atom. The number of anilines is 1. The van der Waals surface area contributed by atoms with Crippen molar-refractivity contribution in [3.63, 3.8) is 0 Å². The predicted octanol–water partition coefficient (Wildman–Crippen LogP) is 4.00. The number of ether oxygens (including phenoxy) is 1. The van der Waals surface area contributed by atoms with Crippen LogP contribution in [-0.2, 0) is 9.53 Å². The number of thioether (sulfide) groups is 1. The van der Waals surface area contributed by atoms with Crippen molar-refractivity contribution in [3.05, 3.63) is 109 Å². The normalized spacial score (nSPS) is 17.7. The highest BCUT2D eigenvalue weighted by molar-refractivity contribution is 7.98. The maximum absolute atomic E-state index is 14.1. The first-order valence-electron chi connectivity index (χ1n) is 13.9. The Labute approximate surface area is 252 Å². The Morgan fingerprint density at radius 2 is 1.81 bits per heavy atom. The van der Waals surface area contributed by atoms with Gasteiger partial charge in [0.05, 0.1) is 28.5 Å². The van der Waals surface area contributed by atoms with Crippen LogP contribution in [0, 0.1) is 0 Å². The quantitative estimate of drug-likeness (QED) is 0.234. The molecule has 8 nitrogen and oxygen atoms in total. The van der Waals surface area contributed by atoms with Crippen LogP contribution < -0.4 is 19.8 Å². The highest BCUT2D eigenvalue weighted by Gasteiger charge is 2.35. The van der Waals surface area contributed by atoms with E-state index in [-0.39, 0.29) is 12.2 Å². The van der Waals surface area contributed by atoms with Gasteiger partial charge in [0.25, 0.3) is 5.56 Å². The Hall–Kier alpha value is -3.86. The van der Waals surface area contributed by atoms with Crippen molar-refractivity contribution in [2.75, 3.05) is 51.0 Å². The number of piperazine rings is 1. The minimum Gasteiger partial charge on any atom is -0.463 e. The van der Waals surface area contributed by atoms with Crippen LogP contribution in [0.1, 0.15) is 29.9 Å². The first-order chi connectivity index (χ1) is 20.5. The molecular weight excluding hydrogens is 569 g/mol. The lowest BCUT2D eigenvalue weighted by atomic mass is 9.93. The Bertz CT molecular complexity index is 1800. The number of rotatable bonds is 7. The number of thiazole rings is 1. The zero-order chi connectivity index (χ0) is 29.2. The number of aromatic nitrogens is 1. The summed E-state index contributed by atoms with van der Waals surface area (Å²) in [6.45, 7) is 5.71. The summed E-state index contributed by atoms with van der Waals surface area (Å²) < 4.78 is 13.8. The van der Waals surface area contributed by atoms with Crippen molar-refractivity contribution in [3.8, 4) is 0 Å². The molecule has 4 aromatic rings. The van der Waals surface area contributed by atoms with Gasteiger partial charge in [-0.1, -0.05) is 53.8 Å². The van der Waals surface area contributed by atoms with Crippen molar-refractivity contribution < 1.29 is 13.9 Å². The molecule has 2 aliphatic rings. The van der Waals surface area contributed by atoms with Gasteiger partial charge >= 0.3 is 5.97 Å². The summed E-state index contributed by atoms with van der Waals surface area (Å²) in [5.74, 6) is 0.906. The fourth-order valence-corrected chi connectivity index (χ4v) is 6.68. The zero-order valence-corrected chi connectivity index (χ0v) is 25.4. The first-order valence-corrected chi connectivity index (χ1v) is 16.0. The highest BCUT2D eigenvalue weighted by atomic mass is 32.2. The van der Waals surface area contributed by atoms with Gasteiger partial charge in [-0.3, -0.25) is 9.36 Å². The molecule has 216 valence electrons. The van der Waals surface area contributed by atoms with Crippen molar-refractivity contribution in [1.82, 2.24) is 9.47 Å². The Balaban J connectivity index is 1.51. The van der Waals surface area contributed by atoms with Crippen LogP contribution >= 0.6 is 23.1 Å². The standard InChI is InChI=1S/C32H32N4O4S2/c1-4-39-31(38)27-28(21-8-6-5-7-9-21)33-32-36(29(27)22-10-13-24(41-3)14-11-22)30(37)25(42-32)20-23-12-15-26(40-23)35-18-16-34(2)17-19-35/h5-15,20,29H,4,16-19H2,1-3H3/b25-20+/t29-/m0/s1. The van der Waals surface area contributed by atoms with Gasteiger partial charge in [-0.25, -0.2) is 9.79 Å². The predicted molar refractivity (Wildman–Crippen MR) is 168 cm³/mol. The third-order valence-corrected chi connectivity index (χ3v) is 9.23. The molecule has 4 heterocycles. The van der Waals surface area contributed by atoms with Gasteiger partial charge in [-0.2, -0.15) is 0 Å². The monoisotopic (exact) mass is 600 g/mol. The van der Waals surface area contributed by atoms with E-state index in [4.69, 9.17) is 14.1 Å². The van der Waals surface area contributed by atoms with E-state index < -0.39 is 12.0 Å². The van der Waals surface area contributed by atoms with Gasteiger partial charge in [0.2, 0.25) is 0 Å². The number of carbonyl (C=O) groups excluding carboxylic acids is 1. The number of hydrogen-bond donors (Lipinski definition) is 0. The lowest BCUT2D eigenvalue weighted by Crippen LogP contribution is -2.44. The SMILES string of the molecule is CCOC(=O)C1=C(c2ccccc2)N=c2s/c(=C/c3ccc(N4CCN(C)CC4)o3)c(=O)n2[C@H]1c1ccc(SC)cc1. The second-order valence-electron chi connectivity index (χ2n) is 10.2. The lowest BCUT2D eigenvalue weighted by molar-refractivity contribution is -0.138. The third kappa shape index (κ3) is 5.49. The highest BCUT2D eigenvalue weighted by Crippen LogP contribution is 2.35. The molecule has 10 heteroatoms. The molecule has 6 rings (SSSR count). The maximum atomic E-state index is 14.1. The summed E-state index contributed by atoms with van der Waals surface area (Å²) in [4.78, 5) is 38.7. The molecule has 0 saturated carbocycles. The zero-order valence-electron chi connectivity index (χ0n) is 23.8. The van der Waals surface area contributed by atoms with E-state index in [1.165, 1.54) is 11.3 Å². The topological polar surface area (TPSA) is 80.3 Å². The summed E-state index contributed by atoms with van der Waals surface area (Å²) in [5.41, 5.74) is 2.21. The van der Waals surface area contributed by atoms with E-state index in [1.807, 2.05) is 73.0 Å². The van der Waals surface area contributed by atoms with Crippen LogP contribution in [-0.4, -0.2) is 61.5 Å². The molecule has 0 radical (unpaired) electrons. The van der Waals surface area contributed by atoms with E-state index in [0.717, 1.165) is 48.1 Å². The van der Waals surface area contributed by atoms with E-state index in [0.29, 0.717) is 26.4 Å². The molecule has 0 aliphatic carbocycles. The summed E-state index contributed by atoms with van der Waals surface area (Å²) in [5, 5.41) is 0. The molecule has 0 unspecified atom stereocenters. The fourth-order valence-electron chi connectivity index (χ4n) is 5.29. The minimum absolute atomic E-state index is 0.209. The van der Waals surface area contributed by atoms with Gasteiger partial charge in [0, 0.05) is 48.8 Å². The average Bonchev–Trinajstić information content (AvgIpc) is 3.61. The summed E-state index contributed by atoms with van der Waals surface area (Å²) in [6, 6.07) is 20.7. The Kier molecular flexibility index (Phi) is 8.19. The number of carbonyl (C=O) groups is 1. The van der Waals surface area contributed by atoms with Crippen LogP contribution in [0.15, 0.2) is 91.4 Å². The molecule has 0 bridgehead atoms. The van der Waals surface area contributed by atoms with Crippen LogP contribution in [0.3, 0.4) is 0 Å². The van der Waals surface area contributed by atoms with Crippen molar-refractivity contribution in [2.24, 2.45) is 4.99 Å². The van der Waals surface area contributed by atoms with Crippen LogP contribution in [0.4, 0.5) is 5.88 Å². The molecule has 1 atom stereocenters. The number of fused-ring (bicyclic) bond motifs is 1. The van der Waals surface area contributed by atoms with E-state index in [2.05, 4.69) is 16.8 Å². The molecule has 1 fully saturated rings. The number of furan rings is 1. The van der Waals surface area contributed by atoms with Gasteiger partial charge in [-0.05, 0) is 44.0 Å². The van der Waals surface area contributed by atoms with Crippen LogP contribution in [0.25, 0.3) is 11.8 Å². The van der Waals surface area contributed by atoms with Gasteiger partial charge < -0.3 is 19.0 Å². The number of hydrogen-bond acceptors (Lipinski definition) is 9. The fraction of sp³-hybridized carbons (Fsp3) is 0.281.